The summed E-state index contributed by atoms with van der Waals surface area (Å²) >= 11 is 0. The smallest absolute Gasteiger partial charge is 0.236 e. The van der Waals surface area contributed by atoms with Crippen LogP contribution >= 0.6 is 0 Å². The summed E-state index contributed by atoms with van der Waals surface area (Å²) in [7, 11) is 2.16. The molecule has 0 aromatic heterocycles. The van der Waals surface area contributed by atoms with Gasteiger partial charge in [0, 0.05) is 19.1 Å². The average molecular weight is 253 g/mol. The van der Waals surface area contributed by atoms with Crippen LogP contribution in [0.4, 0.5) is 0 Å². The molecule has 0 bridgehead atoms. The van der Waals surface area contributed by atoms with E-state index in [-0.39, 0.29) is 11.9 Å². The quantitative estimate of drug-likeness (QED) is 0.714. The van der Waals surface area contributed by atoms with E-state index in [0.29, 0.717) is 5.92 Å². The molecule has 18 heavy (non-hydrogen) atoms. The summed E-state index contributed by atoms with van der Waals surface area (Å²) in [6.45, 7) is 1.66. The van der Waals surface area contributed by atoms with Crippen LogP contribution in [0.2, 0.25) is 0 Å². The molecule has 0 heterocycles. The highest BCUT2D eigenvalue weighted by molar-refractivity contribution is 5.81. The Bertz CT molecular complexity index is 272. The van der Waals surface area contributed by atoms with Gasteiger partial charge in [0.15, 0.2) is 0 Å². The molecule has 2 rings (SSSR count). The van der Waals surface area contributed by atoms with Crippen molar-refractivity contribution in [3.05, 3.63) is 0 Å². The van der Waals surface area contributed by atoms with Crippen LogP contribution in [0.5, 0.6) is 0 Å². The van der Waals surface area contributed by atoms with Crippen LogP contribution in [0, 0.1) is 5.92 Å². The maximum atomic E-state index is 11.8. The van der Waals surface area contributed by atoms with Crippen LogP contribution in [-0.4, -0.2) is 43.0 Å². The van der Waals surface area contributed by atoms with Gasteiger partial charge in [-0.15, -0.1) is 0 Å². The Morgan fingerprint density at radius 1 is 1.33 bits per heavy atom. The molecule has 0 aromatic carbocycles. The molecule has 0 saturated heterocycles. The highest BCUT2D eigenvalue weighted by atomic mass is 16.2. The number of carbonyl (C=O) groups excluding carboxylic acids is 1. The molecule has 104 valence electrons. The van der Waals surface area contributed by atoms with E-state index in [1.165, 1.54) is 38.5 Å². The predicted octanol–water partition coefficient (Wildman–Crippen LogP) is 1.10. The maximum absolute atomic E-state index is 11.8. The van der Waals surface area contributed by atoms with Crippen LogP contribution in [-0.2, 0) is 4.79 Å². The molecule has 4 heteroatoms. The molecular formula is C14H27N3O. The van der Waals surface area contributed by atoms with Crippen LogP contribution in [0.3, 0.4) is 0 Å². The Kier molecular flexibility index (Phi) is 5.01. The molecule has 1 atom stereocenters. The van der Waals surface area contributed by atoms with E-state index in [1.807, 2.05) is 0 Å². The number of carbonyl (C=O) groups is 1. The van der Waals surface area contributed by atoms with Gasteiger partial charge < -0.3 is 16.0 Å². The SMILES string of the molecule is CN(CCNC(=O)[C@@H](N)CC1CC1)C1CCCC1. The Hall–Kier alpha value is -0.610. The summed E-state index contributed by atoms with van der Waals surface area (Å²) < 4.78 is 0. The number of nitrogens with zero attached hydrogens (tertiary/aromatic N) is 1. The largest absolute Gasteiger partial charge is 0.353 e. The third-order valence-corrected chi connectivity index (χ3v) is 4.33. The first kappa shape index (κ1) is 13.8. The third-order valence-electron chi connectivity index (χ3n) is 4.33. The fraction of sp³-hybridized carbons (Fsp3) is 0.929. The van der Waals surface area contributed by atoms with E-state index >= 15 is 0 Å². The molecule has 2 saturated carbocycles. The molecule has 0 aromatic rings. The van der Waals surface area contributed by atoms with E-state index < -0.39 is 0 Å². The topological polar surface area (TPSA) is 58.4 Å². The molecule has 2 aliphatic carbocycles. The highest BCUT2D eigenvalue weighted by Crippen LogP contribution is 2.33. The lowest BCUT2D eigenvalue weighted by atomic mass is 10.1. The van der Waals surface area contributed by atoms with Gasteiger partial charge in [0.25, 0.3) is 0 Å². The lowest BCUT2D eigenvalue weighted by Crippen LogP contribution is -2.44. The van der Waals surface area contributed by atoms with Crippen molar-refractivity contribution in [3.63, 3.8) is 0 Å². The number of hydrogen-bond donors (Lipinski definition) is 2. The highest BCUT2D eigenvalue weighted by Gasteiger charge is 2.27. The minimum atomic E-state index is -0.297. The molecule has 3 N–H and O–H groups in total. The summed E-state index contributed by atoms with van der Waals surface area (Å²) in [4.78, 5) is 14.1. The monoisotopic (exact) mass is 253 g/mol. The average Bonchev–Trinajstić information content (AvgIpc) is 2.98. The molecular weight excluding hydrogens is 226 g/mol. The second-order valence-electron chi connectivity index (χ2n) is 6.00. The molecule has 0 spiro atoms. The fourth-order valence-electron chi connectivity index (χ4n) is 2.83. The van der Waals surface area contributed by atoms with Gasteiger partial charge in [0.1, 0.15) is 0 Å². The number of rotatable bonds is 7. The first-order chi connectivity index (χ1) is 8.66. The van der Waals surface area contributed by atoms with Crippen molar-refractivity contribution in [2.75, 3.05) is 20.1 Å². The lowest BCUT2D eigenvalue weighted by Gasteiger charge is -2.24. The van der Waals surface area contributed by atoms with Gasteiger partial charge in [-0.1, -0.05) is 25.7 Å². The van der Waals surface area contributed by atoms with E-state index in [2.05, 4.69) is 17.3 Å². The van der Waals surface area contributed by atoms with Crippen LogP contribution in [0.1, 0.15) is 44.9 Å². The fourth-order valence-corrected chi connectivity index (χ4v) is 2.83. The zero-order chi connectivity index (χ0) is 13.0. The van der Waals surface area contributed by atoms with Crippen molar-refractivity contribution < 1.29 is 4.79 Å². The standard InChI is InChI=1S/C14H27N3O/c1-17(12-4-2-3-5-12)9-8-16-14(18)13(15)10-11-6-7-11/h11-13H,2-10,15H2,1H3,(H,16,18)/t13-/m0/s1. The third kappa shape index (κ3) is 4.25. The van der Waals surface area contributed by atoms with Crippen molar-refractivity contribution in [3.8, 4) is 0 Å². The van der Waals surface area contributed by atoms with Crippen molar-refractivity contribution in [2.24, 2.45) is 11.7 Å². The zero-order valence-corrected chi connectivity index (χ0v) is 11.5. The predicted molar refractivity (Wildman–Crippen MR) is 73.2 cm³/mol. The van der Waals surface area contributed by atoms with Gasteiger partial charge in [-0.05, 0) is 32.2 Å². The van der Waals surface area contributed by atoms with Gasteiger partial charge >= 0.3 is 0 Å². The summed E-state index contributed by atoms with van der Waals surface area (Å²) in [5, 5.41) is 2.96. The maximum Gasteiger partial charge on any atom is 0.236 e. The van der Waals surface area contributed by atoms with Crippen molar-refractivity contribution in [1.82, 2.24) is 10.2 Å². The second kappa shape index (κ2) is 6.53. The summed E-state index contributed by atoms with van der Waals surface area (Å²) in [6.07, 6.45) is 8.71. The van der Waals surface area contributed by atoms with Gasteiger partial charge in [-0.25, -0.2) is 0 Å². The minimum absolute atomic E-state index is 0.0294. The van der Waals surface area contributed by atoms with E-state index in [4.69, 9.17) is 5.73 Å². The number of hydrogen-bond acceptors (Lipinski definition) is 3. The van der Waals surface area contributed by atoms with Crippen LogP contribution in [0.15, 0.2) is 0 Å². The first-order valence-corrected chi connectivity index (χ1v) is 7.40. The first-order valence-electron chi connectivity index (χ1n) is 7.40. The van der Waals surface area contributed by atoms with Gasteiger partial charge in [-0.3, -0.25) is 4.79 Å². The van der Waals surface area contributed by atoms with Crippen molar-refractivity contribution >= 4 is 5.91 Å². The van der Waals surface area contributed by atoms with Gasteiger partial charge in [0.2, 0.25) is 5.91 Å². The molecule has 1 amide bonds. The molecule has 0 unspecified atom stereocenters. The molecule has 2 fully saturated rings. The van der Waals surface area contributed by atoms with Crippen LogP contribution in [0.25, 0.3) is 0 Å². The minimum Gasteiger partial charge on any atom is -0.353 e. The molecule has 0 radical (unpaired) electrons. The number of likely N-dealkylation sites (N-methyl/N-ethyl adjacent to an activating group) is 1. The molecule has 4 nitrogen and oxygen atoms in total. The number of nitrogens with two attached hydrogens (primary N) is 1. The zero-order valence-electron chi connectivity index (χ0n) is 11.5. The van der Waals surface area contributed by atoms with Crippen molar-refractivity contribution in [2.45, 2.75) is 57.0 Å². The van der Waals surface area contributed by atoms with Gasteiger partial charge in [0.05, 0.1) is 6.04 Å². The Morgan fingerprint density at radius 3 is 2.61 bits per heavy atom. The van der Waals surface area contributed by atoms with E-state index in [1.54, 1.807) is 0 Å². The Morgan fingerprint density at radius 2 is 2.00 bits per heavy atom. The van der Waals surface area contributed by atoms with Crippen molar-refractivity contribution in [1.29, 1.82) is 0 Å². The van der Waals surface area contributed by atoms with E-state index in [0.717, 1.165) is 25.6 Å². The molecule has 0 aliphatic heterocycles. The Labute approximate surface area is 110 Å². The number of amides is 1. The Balaban J connectivity index is 1.57. The molecule has 2 aliphatic rings. The van der Waals surface area contributed by atoms with Crippen LogP contribution < -0.4 is 11.1 Å². The van der Waals surface area contributed by atoms with E-state index in [9.17, 15) is 4.79 Å². The summed E-state index contributed by atoms with van der Waals surface area (Å²) in [5.41, 5.74) is 5.87. The normalized spacial score (nSPS) is 22.4. The second-order valence-corrected chi connectivity index (χ2v) is 6.00. The lowest BCUT2D eigenvalue weighted by molar-refractivity contribution is -0.122. The summed E-state index contributed by atoms with van der Waals surface area (Å²) in [5.74, 6) is 0.744. The number of nitrogens with one attached hydrogen (secondary N) is 1. The summed E-state index contributed by atoms with van der Waals surface area (Å²) in [6, 6.07) is 0.427. The van der Waals surface area contributed by atoms with Gasteiger partial charge in [-0.2, -0.15) is 0 Å².